The molecular weight excluding hydrogens is 254 g/mol. The molecule has 0 aliphatic carbocycles. The second-order valence-electron chi connectivity index (χ2n) is 4.96. The first-order chi connectivity index (χ1) is 8.02. The molecule has 2 nitrogen and oxygen atoms in total. The predicted molar refractivity (Wildman–Crippen MR) is 76.1 cm³/mol. The van der Waals surface area contributed by atoms with Crippen LogP contribution in [0.1, 0.15) is 19.4 Å². The second-order valence-corrected chi connectivity index (χ2v) is 7.20. The van der Waals surface area contributed by atoms with Gasteiger partial charge < -0.3 is 10.0 Å². The molecule has 1 saturated heterocycles. The van der Waals surface area contributed by atoms with Gasteiger partial charge in [-0.2, -0.15) is 11.8 Å². The maximum absolute atomic E-state index is 9.41. The molecule has 0 atom stereocenters. The molecule has 94 valence electrons. The minimum atomic E-state index is 0.0416. The lowest BCUT2D eigenvalue weighted by Crippen LogP contribution is -2.43. The summed E-state index contributed by atoms with van der Waals surface area (Å²) in [4.78, 5) is 2.35. The quantitative estimate of drug-likeness (QED) is 0.894. The van der Waals surface area contributed by atoms with E-state index in [2.05, 4.69) is 18.7 Å². The summed E-state index contributed by atoms with van der Waals surface area (Å²) >= 11 is 7.96. The van der Waals surface area contributed by atoms with Crippen LogP contribution in [0.15, 0.2) is 18.2 Å². The van der Waals surface area contributed by atoms with Gasteiger partial charge in [0.15, 0.2) is 0 Å². The fourth-order valence-corrected chi connectivity index (χ4v) is 3.52. The van der Waals surface area contributed by atoms with Gasteiger partial charge in [-0.05, 0) is 32.0 Å². The Labute approximate surface area is 112 Å². The van der Waals surface area contributed by atoms with Gasteiger partial charge in [0.1, 0.15) is 0 Å². The predicted octanol–water partition coefficient (Wildman–Crippen LogP) is 3.16. The van der Waals surface area contributed by atoms with Crippen molar-refractivity contribution in [3.05, 3.63) is 28.8 Å². The van der Waals surface area contributed by atoms with Crippen LogP contribution in [0.4, 0.5) is 5.69 Å². The molecule has 1 fully saturated rings. The number of aliphatic hydroxyl groups is 1. The third-order valence-electron chi connectivity index (χ3n) is 2.98. The molecule has 0 aromatic heterocycles. The maximum atomic E-state index is 9.41. The van der Waals surface area contributed by atoms with E-state index in [4.69, 9.17) is 11.6 Å². The molecule has 1 heterocycles. The van der Waals surface area contributed by atoms with Gasteiger partial charge in [0.2, 0.25) is 0 Å². The molecule has 0 saturated carbocycles. The van der Waals surface area contributed by atoms with Crippen LogP contribution >= 0.6 is 23.4 Å². The van der Waals surface area contributed by atoms with Crippen molar-refractivity contribution in [2.24, 2.45) is 0 Å². The molecule has 1 aromatic rings. The molecule has 1 aromatic carbocycles. The van der Waals surface area contributed by atoms with Crippen molar-refractivity contribution < 1.29 is 5.11 Å². The molecule has 1 aliphatic heterocycles. The zero-order valence-electron chi connectivity index (χ0n) is 10.2. The van der Waals surface area contributed by atoms with Crippen LogP contribution < -0.4 is 4.90 Å². The van der Waals surface area contributed by atoms with E-state index >= 15 is 0 Å². The van der Waals surface area contributed by atoms with Crippen molar-refractivity contribution in [1.29, 1.82) is 0 Å². The number of rotatable bonds is 2. The van der Waals surface area contributed by atoms with Crippen LogP contribution in [-0.4, -0.2) is 28.7 Å². The summed E-state index contributed by atoms with van der Waals surface area (Å²) in [5.41, 5.74) is 2.03. The number of hydrogen-bond donors (Lipinski definition) is 1. The van der Waals surface area contributed by atoms with Gasteiger partial charge in [-0.15, -0.1) is 0 Å². The third-order valence-corrected chi connectivity index (χ3v) is 4.51. The van der Waals surface area contributed by atoms with E-state index in [1.807, 2.05) is 30.0 Å². The van der Waals surface area contributed by atoms with Crippen LogP contribution in [-0.2, 0) is 6.61 Å². The Hall–Kier alpha value is -0.380. The first-order valence-electron chi connectivity index (χ1n) is 5.80. The first kappa shape index (κ1) is 13.1. The van der Waals surface area contributed by atoms with Crippen molar-refractivity contribution in [2.45, 2.75) is 25.2 Å². The number of aliphatic hydroxyl groups excluding tert-OH is 1. The molecule has 4 heteroatoms. The highest BCUT2D eigenvalue weighted by molar-refractivity contribution is 8.00. The van der Waals surface area contributed by atoms with E-state index in [1.54, 1.807) is 0 Å². The third kappa shape index (κ3) is 3.09. The van der Waals surface area contributed by atoms with Crippen molar-refractivity contribution in [3.8, 4) is 0 Å². The highest BCUT2D eigenvalue weighted by atomic mass is 35.5. The Morgan fingerprint density at radius 2 is 2.24 bits per heavy atom. The lowest BCUT2D eigenvalue weighted by Gasteiger charge is -2.39. The number of halogens is 1. The Morgan fingerprint density at radius 1 is 1.47 bits per heavy atom. The van der Waals surface area contributed by atoms with Crippen molar-refractivity contribution in [1.82, 2.24) is 0 Å². The summed E-state index contributed by atoms with van der Waals surface area (Å²) in [5, 5.41) is 10.1. The lowest BCUT2D eigenvalue weighted by molar-refractivity contribution is 0.282. The van der Waals surface area contributed by atoms with Crippen molar-refractivity contribution in [3.63, 3.8) is 0 Å². The largest absolute Gasteiger partial charge is 0.392 e. The standard InChI is InChI=1S/C13H18ClNOS/c1-13(2)9-15(5-6-17-13)12-4-3-11(14)7-10(12)8-16/h3-4,7,16H,5-6,8-9H2,1-2H3. The number of anilines is 1. The van der Waals surface area contributed by atoms with Gasteiger partial charge in [-0.1, -0.05) is 11.6 Å². The highest BCUT2D eigenvalue weighted by Crippen LogP contribution is 2.34. The zero-order valence-corrected chi connectivity index (χ0v) is 11.8. The summed E-state index contributed by atoms with van der Waals surface area (Å²) in [6.45, 7) is 6.60. The minimum absolute atomic E-state index is 0.0416. The summed E-state index contributed by atoms with van der Waals surface area (Å²) in [5.74, 6) is 1.13. The van der Waals surface area contributed by atoms with Crippen LogP contribution in [0.3, 0.4) is 0 Å². The summed E-state index contributed by atoms with van der Waals surface area (Å²) in [7, 11) is 0. The molecule has 0 radical (unpaired) electrons. The average molecular weight is 272 g/mol. The maximum Gasteiger partial charge on any atom is 0.0702 e. The van der Waals surface area contributed by atoms with E-state index < -0.39 is 0 Å². The Morgan fingerprint density at radius 3 is 2.88 bits per heavy atom. The molecule has 1 N–H and O–H groups in total. The molecule has 1 aliphatic rings. The number of thioether (sulfide) groups is 1. The molecule has 0 spiro atoms. The van der Waals surface area contributed by atoms with Crippen LogP contribution in [0, 0.1) is 0 Å². The van der Waals surface area contributed by atoms with Crippen molar-refractivity contribution >= 4 is 29.1 Å². The number of nitrogens with zero attached hydrogens (tertiary/aromatic N) is 1. The summed E-state index contributed by atoms with van der Waals surface area (Å²) in [6, 6.07) is 5.76. The molecule has 17 heavy (non-hydrogen) atoms. The second kappa shape index (κ2) is 5.09. The van der Waals surface area contributed by atoms with Gasteiger partial charge in [0.25, 0.3) is 0 Å². The average Bonchev–Trinajstić information content (AvgIpc) is 2.27. The van der Waals surface area contributed by atoms with E-state index in [9.17, 15) is 5.11 Å². The van der Waals surface area contributed by atoms with Crippen LogP contribution in [0.25, 0.3) is 0 Å². The summed E-state index contributed by atoms with van der Waals surface area (Å²) in [6.07, 6.45) is 0. The van der Waals surface area contributed by atoms with E-state index in [0.29, 0.717) is 5.02 Å². The smallest absolute Gasteiger partial charge is 0.0702 e. The normalized spacial score (nSPS) is 19.4. The van der Waals surface area contributed by atoms with Gasteiger partial charge in [-0.25, -0.2) is 0 Å². The minimum Gasteiger partial charge on any atom is -0.392 e. The topological polar surface area (TPSA) is 23.5 Å². The fraction of sp³-hybridized carbons (Fsp3) is 0.538. The Balaban J connectivity index is 2.27. The molecule has 0 bridgehead atoms. The van der Waals surface area contributed by atoms with E-state index in [0.717, 1.165) is 30.1 Å². The molecule has 0 unspecified atom stereocenters. The van der Waals surface area contributed by atoms with Gasteiger partial charge in [-0.3, -0.25) is 0 Å². The first-order valence-corrected chi connectivity index (χ1v) is 7.16. The Kier molecular flexibility index (Phi) is 3.91. The zero-order chi connectivity index (χ0) is 12.5. The molecule has 0 amide bonds. The van der Waals surface area contributed by atoms with Gasteiger partial charge >= 0.3 is 0 Å². The molecular formula is C13H18ClNOS. The van der Waals surface area contributed by atoms with Crippen molar-refractivity contribution in [2.75, 3.05) is 23.7 Å². The van der Waals surface area contributed by atoms with E-state index in [1.165, 1.54) is 0 Å². The number of benzene rings is 1. The lowest BCUT2D eigenvalue weighted by atomic mass is 10.1. The Bertz CT molecular complexity index is 408. The molecule has 2 rings (SSSR count). The van der Waals surface area contributed by atoms with Crippen LogP contribution in [0.5, 0.6) is 0 Å². The number of hydrogen-bond acceptors (Lipinski definition) is 3. The highest BCUT2D eigenvalue weighted by Gasteiger charge is 2.27. The van der Waals surface area contributed by atoms with Gasteiger partial charge in [0.05, 0.1) is 6.61 Å². The van der Waals surface area contributed by atoms with E-state index in [-0.39, 0.29) is 11.4 Å². The summed E-state index contributed by atoms with van der Waals surface area (Å²) < 4.78 is 0.268. The van der Waals surface area contributed by atoms with Crippen LogP contribution in [0.2, 0.25) is 5.02 Å². The van der Waals surface area contributed by atoms with Gasteiger partial charge in [0, 0.05) is 39.9 Å². The fourth-order valence-electron chi connectivity index (χ4n) is 2.21. The monoisotopic (exact) mass is 271 g/mol. The SMILES string of the molecule is CC1(C)CN(c2ccc(Cl)cc2CO)CCS1.